The van der Waals surface area contributed by atoms with Crippen LogP contribution in [0.2, 0.25) is 0 Å². The van der Waals surface area contributed by atoms with Crippen LogP contribution in [0.4, 0.5) is 4.39 Å². The first-order valence-corrected chi connectivity index (χ1v) is 5.77. The second-order valence-corrected chi connectivity index (χ2v) is 4.24. The van der Waals surface area contributed by atoms with Crippen molar-refractivity contribution in [3.8, 4) is 0 Å². The van der Waals surface area contributed by atoms with E-state index in [1.807, 2.05) is 6.07 Å². The van der Waals surface area contributed by atoms with Crippen LogP contribution in [0.3, 0.4) is 0 Å². The van der Waals surface area contributed by atoms with Crippen molar-refractivity contribution in [2.45, 2.75) is 19.9 Å². The molecule has 1 aromatic carbocycles. The number of rotatable bonds is 6. The quantitative estimate of drug-likeness (QED) is 0.774. The first-order chi connectivity index (χ1) is 7.61. The molecule has 0 aliphatic carbocycles. The Bertz CT molecular complexity index is 355. The average molecular weight is 240 g/mol. The molecule has 0 amide bonds. The molecule has 16 heavy (non-hydrogen) atoms. The SMILES string of the molecule is CCN(CCC(N)=S)Cc1cccc(F)c1. The summed E-state index contributed by atoms with van der Waals surface area (Å²) >= 11 is 4.84. The molecule has 0 saturated carbocycles. The van der Waals surface area contributed by atoms with Gasteiger partial charge in [-0.2, -0.15) is 0 Å². The van der Waals surface area contributed by atoms with Crippen LogP contribution < -0.4 is 5.73 Å². The zero-order valence-corrected chi connectivity index (χ0v) is 10.3. The number of nitrogens with two attached hydrogens (primary N) is 1. The molecule has 0 fully saturated rings. The third-order valence-electron chi connectivity index (χ3n) is 2.42. The summed E-state index contributed by atoms with van der Waals surface area (Å²) in [4.78, 5) is 2.71. The summed E-state index contributed by atoms with van der Waals surface area (Å²) in [5, 5.41) is 0. The van der Waals surface area contributed by atoms with E-state index in [1.165, 1.54) is 6.07 Å². The third-order valence-corrected chi connectivity index (χ3v) is 2.62. The molecular formula is C12H17FN2S. The first kappa shape index (κ1) is 13.1. The summed E-state index contributed by atoms with van der Waals surface area (Å²) in [6.45, 7) is 4.53. The summed E-state index contributed by atoms with van der Waals surface area (Å²) in [5.74, 6) is -0.192. The van der Waals surface area contributed by atoms with E-state index in [-0.39, 0.29) is 5.82 Å². The summed E-state index contributed by atoms with van der Waals surface area (Å²) in [7, 11) is 0. The van der Waals surface area contributed by atoms with Gasteiger partial charge in [0.05, 0.1) is 4.99 Å². The lowest BCUT2D eigenvalue weighted by Crippen LogP contribution is -2.27. The average Bonchev–Trinajstić information content (AvgIpc) is 2.24. The predicted octanol–water partition coefficient (Wildman–Crippen LogP) is 2.32. The van der Waals surface area contributed by atoms with Crippen LogP contribution in [0.25, 0.3) is 0 Å². The second-order valence-electron chi connectivity index (χ2n) is 3.72. The molecule has 0 heterocycles. The van der Waals surface area contributed by atoms with E-state index in [0.29, 0.717) is 11.4 Å². The van der Waals surface area contributed by atoms with Gasteiger partial charge < -0.3 is 5.73 Å². The van der Waals surface area contributed by atoms with Gasteiger partial charge in [-0.15, -0.1) is 0 Å². The normalized spacial score (nSPS) is 10.7. The smallest absolute Gasteiger partial charge is 0.123 e. The van der Waals surface area contributed by atoms with Gasteiger partial charge in [-0.05, 0) is 24.2 Å². The predicted molar refractivity (Wildman–Crippen MR) is 68.8 cm³/mol. The zero-order chi connectivity index (χ0) is 12.0. The van der Waals surface area contributed by atoms with Crippen molar-refractivity contribution in [2.24, 2.45) is 5.73 Å². The Kier molecular flexibility index (Phi) is 5.35. The third kappa shape index (κ3) is 4.68. The van der Waals surface area contributed by atoms with Crippen molar-refractivity contribution in [2.75, 3.05) is 13.1 Å². The summed E-state index contributed by atoms with van der Waals surface area (Å²) in [6.07, 6.45) is 0.707. The Morgan fingerprint density at radius 2 is 2.25 bits per heavy atom. The highest BCUT2D eigenvalue weighted by Gasteiger charge is 2.04. The van der Waals surface area contributed by atoms with Crippen LogP contribution in [-0.4, -0.2) is 23.0 Å². The minimum Gasteiger partial charge on any atom is -0.393 e. The van der Waals surface area contributed by atoms with E-state index in [2.05, 4.69) is 11.8 Å². The van der Waals surface area contributed by atoms with Crippen molar-refractivity contribution < 1.29 is 4.39 Å². The molecule has 0 unspecified atom stereocenters. The number of hydrogen-bond donors (Lipinski definition) is 1. The van der Waals surface area contributed by atoms with Crippen LogP contribution >= 0.6 is 12.2 Å². The molecule has 0 aliphatic heterocycles. The summed E-state index contributed by atoms with van der Waals surface area (Å²) in [5.41, 5.74) is 6.43. The van der Waals surface area contributed by atoms with Gasteiger partial charge in [-0.1, -0.05) is 31.3 Å². The molecule has 0 spiro atoms. The molecular weight excluding hydrogens is 223 g/mol. The lowest BCUT2D eigenvalue weighted by molar-refractivity contribution is 0.288. The zero-order valence-electron chi connectivity index (χ0n) is 9.45. The minimum absolute atomic E-state index is 0.192. The highest BCUT2D eigenvalue weighted by atomic mass is 32.1. The lowest BCUT2D eigenvalue weighted by Gasteiger charge is -2.20. The van der Waals surface area contributed by atoms with Gasteiger partial charge in [0.15, 0.2) is 0 Å². The number of hydrogen-bond acceptors (Lipinski definition) is 2. The van der Waals surface area contributed by atoms with E-state index < -0.39 is 0 Å². The van der Waals surface area contributed by atoms with Crippen LogP contribution in [-0.2, 0) is 6.54 Å². The van der Waals surface area contributed by atoms with E-state index in [1.54, 1.807) is 12.1 Å². The highest BCUT2D eigenvalue weighted by molar-refractivity contribution is 7.80. The molecule has 0 aromatic heterocycles. The number of halogens is 1. The molecule has 0 aliphatic rings. The summed E-state index contributed by atoms with van der Waals surface area (Å²) in [6, 6.07) is 6.66. The van der Waals surface area contributed by atoms with Crippen LogP contribution in [0.5, 0.6) is 0 Å². The van der Waals surface area contributed by atoms with Crippen molar-refractivity contribution in [1.82, 2.24) is 4.90 Å². The van der Waals surface area contributed by atoms with Crippen LogP contribution in [0.15, 0.2) is 24.3 Å². The molecule has 0 saturated heterocycles. The van der Waals surface area contributed by atoms with Crippen LogP contribution in [0, 0.1) is 5.82 Å². The van der Waals surface area contributed by atoms with E-state index >= 15 is 0 Å². The van der Waals surface area contributed by atoms with Gasteiger partial charge in [0.25, 0.3) is 0 Å². The van der Waals surface area contributed by atoms with Crippen molar-refractivity contribution in [3.63, 3.8) is 0 Å². The minimum atomic E-state index is -0.192. The van der Waals surface area contributed by atoms with Gasteiger partial charge in [0.2, 0.25) is 0 Å². The molecule has 2 nitrogen and oxygen atoms in total. The standard InChI is InChI=1S/C12H17FN2S/c1-2-15(7-6-12(14)16)9-10-4-3-5-11(13)8-10/h3-5,8H,2,6-7,9H2,1H3,(H2,14,16). The fourth-order valence-electron chi connectivity index (χ4n) is 1.51. The van der Waals surface area contributed by atoms with Gasteiger partial charge in [0.1, 0.15) is 5.82 Å². The molecule has 1 rings (SSSR count). The van der Waals surface area contributed by atoms with Gasteiger partial charge in [-0.25, -0.2) is 4.39 Å². The molecule has 88 valence electrons. The van der Waals surface area contributed by atoms with E-state index in [9.17, 15) is 4.39 Å². The summed E-state index contributed by atoms with van der Waals surface area (Å²) < 4.78 is 13.0. The first-order valence-electron chi connectivity index (χ1n) is 5.37. The Labute approximate surface area is 101 Å². The highest BCUT2D eigenvalue weighted by Crippen LogP contribution is 2.07. The van der Waals surface area contributed by atoms with Gasteiger partial charge >= 0.3 is 0 Å². The fourth-order valence-corrected chi connectivity index (χ4v) is 1.60. The Hall–Kier alpha value is -1.00. The van der Waals surface area contributed by atoms with Crippen molar-refractivity contribution in [1.29, 1.82) is 0 Å². The van der Waals surface area contributed by atoms with E-state index in [4.69, 9.17) is 18.0 Å². The van der Waals surface area contributed by atoms with E-state index in [0.717, 1.165) is 25.2 Å². The molecule has 1 aromatic rings. The number of nitrogens with zero attached hydrogens (tertiary/aromatic N) is 1. The van der Waals surface area contributed by atoms with Gasteiger partial charge in [-0.3, -0.25) is 4.90 Å². The maximum absolute atomic E-state index is 13.0. The number of benzene rings is 1. The van der Waals surface area contributed by atoms with Crippen LogP contribution in [0.1, 0.15) is 18.9 Å². The lowest BCUT2D eigenvalue weighted by atomic mass is 10.2. The molecule has 2 N–H and O–H groups in total. The maximum Gasteiger partial charge on any atom is 0.123 e. The fraction of sp³-hybridized carbons (Fsp3) is 0.417. The molecule has 4 heteroatoms. The Balaban J connectivity index is 2.52. The monoisotopic (exact) mass is 240 g/mol. The molecule has 0 atom stereocenters. The largest absolute Gasteiger partial charge is 0.393 e. The maximum atomic E-state index is 13.0. The van der Waals surface area contributed by atoms with Gasteiger partial charge in [0, 0.05) is 19.5 Å². The second kappa shape index (κ2) is 6.55. The molecule has 0 bridgehead atoms. The topological polar surface area (TPSA) is 29.3 Å². The molecule has 0 radical (unpaired) electrons. The Morgan fingerprint density at radius 1 is 1.50 bits per heavy atom. The van der Waals surface area contributed by atoms with Crippen molar-refractivity contribution in [3.05, 3.63) is 35.6 Å². The Morgan fingerprint density at radius 3 is 2.81 bits per heavy atom. The van der Waals surface area contributed by atoms with Crippen molar-refractivity contribution >= 4 is 17.2 Å². The number of thiocarbonyl (C=S) groups is 1.